The summed E-state index contributed by atoms with van der Waals surface area (Å²) in [6, 6.07) is 5.14. The monoisotopic (exact) mass is 306 g/mol. The molecule has 0 N–H and O–H groups in total. The molecule has 1 aromatic carbocycles. The van der Waals surface area contributed by atoms with Crippen LogP contribution in [0.5, 0.6) is 0 Å². The van der Waals surface area contributed by atoms with Crippen LogP contribution in [0.2, 0.25) is 0 Å². The van der Waals surface area contributed by atoms with Gasteiger partial charge in [0, 0.05) is 6.61 Å². The minimum absolute atomic E-state index is 0.187. The van der Waals surface area contributed by atoms with Crippen LogP contribution in [0, 0.1) is 0 Å². The number of benzene rings is 1. The maximum atomic E-state index is 12.0. The second-order valence-corrected chi connectivity index (χ2v) is 4.71. The second kappa shape index (κ2) is 11.2. The van der Waals surface area contributed by atoms with Crippen molar-refractivity contribution >= 4 is 19.3 Å². The van der Waals surface area contributed by atoms with E-state index in [-0.39, 0.29) is 13.2 Å². The van der Waals surface area contributed by atoms with Crippen LogP contribution in [0.3, 0.4) is 0 Å². The number of hydrogen-bond acceptors (Lipinski definition) is 5. The first kappa shape index (κ1) is 18.7. The molecule has 0 atom stereocenters. The first-order chi connectivity index (χ1) is 10.7. The van der Waals surface area contributed by atoms with Crippen molar-refractivity contribution in [3.63, 3.8) is 0 Å². The van der Waals surface area contributed by atoms with Crippen LogP contribution in [-0.2, 0) is 25.9 Å². The highest BCUT2D eigenvalue weighted by Gasteiger charge is 2.12. The smallest absolute Gasteiger partial charge is 0.337 e. The number of carbonyl (C=O) groups is 1. The Balaban J connectivity index is 2.50. The molecule has 0 fully saturated rings. The number of hydrogen-bond donors (Lipinski definition) is 0. The van der Waals surface area contributed by atoms with Gasteiger partial charge >= 0.3 is 5.97 Å². The van der Waals surface area contributed by atoms with Gasteiger partial charge in [-0.05, 0) is 24.5 Å². The molecular formula is C16H23BO5. The van der Waals surface area contributed by atoms with Crippen molar-refractivity contribution in [2.24, 2.45) is 0 Å². The van der Waals surface area contributed by atoms with E-state index in [1.165, 1.54) is 0 Å². The lowest BCUT2D eigenvalue weighted by atomic mass is 9.86. The molecule has 0 aliphatic rings. The van der Waals surface area contributed by atoms with Gasteiger partial charge in [-0.3, -0.25) is 0 Å². The van der Waals surface area contributed by atoms with E-state index in [9.17, 15) is 4.79 Å². The highest BCUT2D eigenvalue weighted by Crippen LogP contribution is 2.05. The molecule has 1 aromatic rings. The topological polar surface area (TPSA) is 54.0 Å². The summed E-state index contributed by atoms with van der Waals surface area (Å²) in [4.78, 5) is 22.0. The Morgan fingerprint density at radius 3 is 2.55 bits per heavy atom. The molecule has 5 nitrogen and oxygen atoms in total. The Morgan fingerprint density at radius 2 is 1.82 bits per heavy atom. The van der Waals surface area contributed by atoms with E-state index in [4.69, 9.17) is 27.1 Å². The number of carbonyl (C=O) groups excluding carboxylic acids is 1. The molecule has 0 saturated heterocycles. The molecule has 0 aliphatic carbocycles. The van der Waals surface area contributed by atoms with Crippen LogP contribution in [0.15, 0.2) is 18.2 Å². The van der Waals surface area contributed by atoms with E-state index < -0.39 is 5.97 Å². The van der Waals surface area contributed by atoms with Gasteiger partial charge in [-0.2, -0.15) is 0 Å². The highest BCUT2D eigenvalue weighted by molar-refractivity contribution is 6.37. The van der Waals surface area contributed by atoms with E-state index in [0.717, 1.165) is 12.8 Å². The minimum atomic E-state index is -0.464. The van der Waals surface area contributed by atoms with Crippen molar-refractivity contribution in [3.8, 4) is 0 Å². The van der Waals surface area contributed by atoms with Crippen LogP contribution in [0.4, 0.5) is 0 Å². The molecule has 0 amide bonds. The van der Waals surface area contributed by atoms with Gasteiger partial charge in [0.25, 0.3) is 0 Å². The third kappa shape index (κ3) is 6.60. The molecule has 0 aromatic heterocycles. The molecule has 0 heterocycles. The third-order valence-corrected chi connectivity index (χ3v) is 2.81. The summed E-state index contributed by atoms with van der Waals surface area (Å²) < 4.78 is 10.4. The number of ether oxygens (including phenoxy) is 2. The molecule has 2 radical (unpaired) electrons. The largest absolute Gasteiger partial charge is 0.460 e. The van der Waals surface area contributed by atoms with E-state index >= 15 is 0 Å². The summed E-state index contributed by atoms with van der Waals surface area (Å²) in [5.74, 6) is -0.464. The standard InChI is InChI=1S/C16H23BO5/c1-3-8-19-10-11-20-16(18)14-7-5-6-13(15(14)17)12-22-21-9-4-2/h5-7H,3-4,8-12H2,1-2H3. The fraction of sp³-hybridized carbons (Fsp3) is 0.562. The first-order valence-corrected chi connectivity index (χ1v) is 7.57. The Morgan fingerprint density at radius 1 is 1.05 bits per heavy atom. The summed E-state index contributed by atoms with van der Waals surface area (Å²) in [7, 11) is 5.98. The molecule has 1 rings (SSSR count). The SMILES string of the molecule is [B]c1c(COOCCC)cccc1C(=O)OCCOCCC. The van der Waals surface area contributed by atoms with Crippen molar-refractivity contribution in [2.45, 2.75) is 33.3 Å². The fourth-order valence-electron chi connectivity index (χ4n) is 1.68. The predicted molar refractivity (Wildman–Crippen MR) is 84.3 cm³/mol. The van der Waals surface area contributed by atoms with Gasteiger partial charge in [0.15, 0.2) is 0 Å². The average Bonchev–Trinajstić information content (AvgIpc) is 2.52. The lowest BCUT2D eigenvalue weighted by Gasteiger charge is -2.11. The highest BCUT2D eigenvalue weighted by atomic mass is 17.2. The Hall–Kier alpha value is -1.37. The molecule has 0 unspecified atom stereocenters. The van der Waals surface area contributed by atoms with Crippen LogP contribution in [-0.4, -0.2) is 40.2 Å². The molecular weight excluding hydrogens is 283 g/mol. The predicted octanol–water partition coefficient (Wildman–Crippen LogP) is 1.92. The van der Waals surface area contributed by atoms with E-state index in [1.54, 1.807) is 18.2 Å². The van der Waals surface area contributed by atoms with Crippen molar-refractivity contribution in [1.29, 1.82) is 0 Å². The Bertz CT molecular complexity index is 450. The Labute approximate surface area is 133 Å². The molecule has 120 valence electrons. The second-order valence-electron chi connectivity index (χ2n) is 4.71. The molecule has 0 saturated carbocycles. The summed E-state index contributed by atoms with van der Waals surface area (Å²) in [6.45, 7) is 5.95. The van der Waals surface area contributed by atoms with E-state index in [0.29, 0.717) is 36.4 Å². The van der Waals surface area contributed by atoms with Crippen LogP contribution in [0.1, 0.15) is 42.6 Å². The lowest BCUT2D eigenvalue weighted by Crippen LogP contribution is -2.23. The zero-order valence-corrected chi connectivity index (χ0v) is 13.3. The van der Waals surface area contributed by atoms with Crippen LogP contribution < -0.4 is 5.46 Å². The summed E-state index contributed by atoms with van der Waals surface area (Å²) in [6.07, 6.45) is 1.80. The molecule has 0 spiro atoms. The van der Waals surface area contributed by atoms with Gasteiger partial charge in [0.1, 0.15) is 21.1 Å². The minimum Gasteiger partial charge on any atom is -0.460 e. The molecule has 0 bridgehead atoms. The van der Waals surface area contributed by atoms with Crippen LogP contribution >= 0.6 is 0 Å². The van der Waals surface area contributed by atoms with Gasteiger partial charge in [0.05, 0.1) is 18.8 Å². The fourth-order valence-corrected chi connectivity index (χ4v) is 1.68. The summed E-state index contributed by atoms with van der Waals surface area (Å²) >= 11 is 0. The summed E-state index contributed by atoms with van der Waals surface area (Å²) in [5, 5.41) is 0. The number of rotatable bonds is 11. The van der Waals surface area contributed by atoms with E-state index in [1.807, 2.05) is 13.8 Å². The quantitative estimate of drug-likeness (QED) is 0.205. The van der Waals surface area contributed by atoms with Gasteiger partial charge in [-0.15, -0.1) is 0 Å². The van der Waals surface area contributed by atoms with Gasteiger partial charge in [0.2, 0.25) is 0 Å². The molecule has 22 heavy (non-hydrogen) atoms. The lowest BCUT2D eigenvalue weighted by molar-refractivity contribution is -0.303. The zero-order chi connectivity index (χ0) is 16.2. The average molecular weight is 306 g/mol. The Kier molecular flexibility index (Phi) is 9.54. The van der Waals surface area contributed by atoms with Crippen LogP contribution in [0.25, 0.3) is 0 Å². The first-order valence-electron chi connectivity index (χ1n) is 7.57. The third-order valence-electron chi connectivity index (χ3n) is 2.81. The maximum absolute atomic E-state index is 12.0. The van der Waals surface area contributed by atoms with Gasteiger partial charge in [-0.1, -0.05) is 31.4 Å². The van der Waals surface area contributed by atoms with Gasteiger partial charge < -0.3 is 9.47 Å². The van der Waals surface area contributed by atoms with Crippen molar-refractivity contribution < 1.29 is 24.0 Å². The zero-order valence-electron chi connectivity index (χ0n) is 13.3. The van der Waals surface area contributed by atoms with E-state index in [2.05, 4.69) is 0 Å². The van der Waals surface area contributed by atoms with Gasteiger partial charge in [-0.25, -0.2) is 14.6 Å². The normalized spacial score (nSPS) is 10.6. The van der Waals surface area contributed by atoms with Crippen molar-refractivity contribution in [1.82, 2.24) is 0 Å². The summed E-state index contributed by atoms with van der Waals surface area (Å²) in [5.41, 5.74) is 1.36. The molecule has 0 aliphatic heterocycles. The maximum Gasteiger partial charge on any atom is 0.337 e. The molecule has 6 heteroatoms. The van der Waals surface area contributed by atoms with Crippen molar-refractivity contribution in [2.75, 3.05) is 26.4 Å². The van der Waals surface area contributed by atoms with Crippen molar-refractivity contribution in [3.05, 3.63) is 29.3 Å². The number of esters is 1.